The van der Waals surface area contributed by atoms with E-state index >= 15 is 0 Å². The highest BCUT2D eigenvalue weighted by Gasteiger charge is 2.27. The molecule has 2 atom stereocenters. The van der Waals surface area contributed by atoms with Crippen molar-refractivity contribution in [2.45, 2.75) is 32.3 Å². The molecular formula is C16H24N4O3. The van der Waals surface area contributed by atoms with Crippen LogP contribution in [0.3, 0.4) is 0 Å². The number of carbonyl (C=O) groups is 1. The van der Waals surface area contributed by atoms with Crippen LogP contribution in [0.15, 0.2) is 12.1 Å². The summed E-state index contributed by atoms with van der Waals surface area (Å²) in [6, 6.07) is 3.70. The van der Waals surface area contributed by atoms with E-state index in [1.54, 1.807) is 0 Å². The van der Waals surface area contributed by atoms with Crippen LogP contribution in [0.5, 0.6) is 5.88 Å². The van der Waals surface area contributed by atoms with Gasteiger partial charge >= 0.3 is 6.03 Å². The number of rotatable bonds is 5. The van der Waals surface area contributed by atoms with Gasteiger partial charge < -0.3 is 19.7 Å². The molecule has 2 fully saturated rings. The first-order chi connectivity index (χ1) is 11.2. The maximum atomic E-state index is 12.2. The van der Waals surface area contributed by atoms with Gasteiger partial charge in [0.05, 0.1) is 18.4 Å². The van der Waals surface area contributed by atoms with E-state index in [2.05, 4.69) is 15.5 Å². The molecular weight excluding hydrogens is 296 g/mol. The zero-order chi connectivity index (χ0) is 16.1. The van der Waals surface area contributed by atoms with Crippen LogP contribution >= 0.6 is 0 Å². The number of urea groups is 1. The highest BCUT2D eigenvalue weighted by atomic mass is 16.5. The predicted molar refractivity (Wildman–Crippen MR) is 84.3 cm³/mol. The quantitative estimate of drug-likeness (QED) is 0.887. The van der Waals surface area contributed by atoms with Gasteiger partial charge in [-0.15, -0.1) is 5.10 Å². The van der Waals surface area contributed by atoms with Gasteiger partial charge in [0.15, 0.2) is 0 Å². The number of nitrogens with one attached hydrogen (secondary N) is 1. The Labute approximate surface area is 136 Å². The van der Waals surface area contributed by atoms with Crippen molar-refractivity contribution in [2.24, 2.45) is 5.92 Å². The van der Waals surface area contributed by atoms with Gasteiger partial charge in [-0.2, -0.15) is 5.10 Å². The summed E-state index contributed by atoms with van der Waals surface area (Å²) in [5, 5.41) is 10.9. The Morgan fingerprint density at radius 2 is 2.35 bits per heavy atom. The Morgan fingerprint density at radius 3 is 3.09 bits per heavy atom. The minimum absolute atomic E-state index is 0.00173. The largest absolute Gasteiger partial charge is 0.476 e. The van der Waals surface area contributed by atoms with Crippen LogP contribution in [0.2, 0.25) is 0 Å². The zero-order valence-electron chi connectivity index (χ0n) is 13.5. The molecule has 7 heteroatoms. The Balaban J connectivity index is 1.37. The van der Waals surface area contributed by atoms with Gasteiger partial charge in [0.1, 0.15) is 0 Å². The summed E-state index contributed by atoms with van der Waals surface area (Å²) in [5.74, 6) is 0.878. The van der Waals surface area contributed by atoms with Crippen molar-refractivity contribution >= 4 is 6.03 Å². The molecule has 2 unspecified atom stereocenters. The Morgan fingerprint density at radius 1 is 1.43 bits per heavy atom. The standard InChI is InChI=1S/C16H24N4O3/c1-12-4-5-15(19-18-12)23-11-13-6-7-20(10-13)16(21)17-9-14-3-2-8-22-14/h4-5,13-14H,2-3,6-11H2,1H3,(H,17,21). The summed E-state index contributed by atoms with van der Waals surface area (Å²) >= 11 is 0. The molecule has 0 aromatic carbocycles. The molecule has 126 valence electrons. The highest BCUT2D eigenvalue weighted by molar-refractivity contribution is 5.74. The molecule has 2 aliphatic heterocycles. The number of aryl methyl sites for hydroxylation is 1. The summed E-state index contributed by atoms with van der Waals surface area (Å²) in [4.78, 5) is 14.0. The summed E-state index contributed by atoms with van der Waals surface area (Å²) < 4.78 is 11.2. The Kier molecular flexibility index (Phi) is 5.27. The van der Waals surface area contributed by atoms with Crippen molar-refractivity contribution in [3.05, 3.63) is 17.8 Å². The van der Waals surface area contributed by atoms with Gasteiger partial charge in [-0.1, -0.05) is 0 Å². The molecule has 0 radical (unpaired) electrons. The first-order valence-electron chi connectivity index (χ1n) is 8.28. The Hall–Kier alpha value is -1.89. The number of amides is 2. The van der Waals surface area contributed by atoms with E-state index in [4.69, 9.17) is 9.47 Å². The van der Waals surface area contributed by atoms with Crippen LogP contribution < -0.4 is 10.1 Å². The minimum atomic E-state index is -0.00173. The molecule has 3 rings (SSSR count). The minimum Gasteiger partial charge on any atom is -0.476 e. The van der Waals surface area contributed by atoms with E-state index in [1.165, 1.54) is 0 Å². The summed E-state index contributed by atoms with van der Waals surface area (Å²) in [6.07, 6.45) is 3.26. The van der Waals surface area contributed by atoms with E-state index in [1.807, 2.05) is 24.0 Å². The summed E-state index contributed by atoms with van der Waals surface area (Å²) in [6.45, 7) is 5.36. The van der Waals surface area contributed by atoms with Crippen LogP contribution in [0.4, 0.5) is 4.79 Å². The van der Waals surface area contributed by atoms with Gasteiger partial charge in [-0.05, 0) is 32.3 Å². The number of ether oxygens (including phenoxy) is 2. The second-order valence-electron chi connectivity index (χ2n) is 6.25. The van der Waals surface area contributed by atoms with Gasteiger partial charge in [-0.3, -0.25) is 0 Å². The maximum absolute atomic E-state index is 12.2. The number of likely N-dealkylation sites (tertiary alicyclic amines) is 1. The second kappa shape index (κ2) is 7.59. The van der Waals surface area contributed by atoms with Crippen LogP contribution in [0.25, 0.3) is 0 Å². The lowest BCUT2D eigenvalue weighted by Crippen LogP contribution is -2.41. The van der Waals surface area contributed by atoms with Crippen LogP contribution in [0.1, 0.15) is 25.0 Å². The van der Waals surface area contributed by atoms with Crippen molar-refractivity contribution in [1.29, 1.82) is 0 Å². The number of carbonyl (C=O) groups excluding carboxylic acids is 1. The van der Waals surface area contributed by atoms with Gasteiger partial charge in [0.2, 0.25) is 5.88 Å². The third-order valence-electron chi connectivity index (χ3n) is 4.32. The molecule has 0 spiro atoms. The lowest BCUT2D eigenvalue weighted by Gasteiger charge is -2.19. The number of hydrogen-bond donors (Lipinski definition) is 1. The van der Waals surface area contributed by atoms with E-state index in [-0.39, 0.29) is 12.1 Å². The molecule has 1 aromatic heterocycles. The van der Waals surface area contributed by atoms with Crippen LogP contribution in [-0.2, 0) is 4.74 Å². The van der Waals surface area contributed by atoms with Crippen LogP contribution in [0, 0.1) is 12.8 Å². The SMILES string of the molecule is Cc1ccc(OCC2CCN(C(=O)NCC3CCCO3)C2)nn1. The lowest BCUT2D eigenvalue weighted by atomic mass is 10.1. The Bertz CT molecular complexity index is 517. The highest BCUT2D eigenvalue weighted by Crippen LogP contribution is 2.18. The normalized spacial score (nSPS) is 24.0. The average Bonchev–Trinajstić information content (AvgIpc) is 3.24. The van der Waals surface area contributed by atoms with Crippen LogP contribution in [-0.4, -0.2) is 60.1 Å². The first kappa shape index (κ1) is 16.0. The zero-order valence-corrected chi connectivity index (χ0v) is 13.5. The fraction of sp³-hybridized carbons (Fsp3) is 0.688. The summed E-state index contributed by atoms with van der Waals surface area (Å²) in [7, 11) is 0. The third-order valence-corrected chi connectivity index (χ3v) is 4.32. The number of hydrogen-bond acceptors (Lipinski definition) is 5. The maximum Gasteiger partial charge on any atom is 0.317 e. The second-order valence-corrected chi connectivity index (χ2v) is 6.25. The number of aromatic nitrogens is 2. The van der Waals surface area contributed by atoms with E-state index in [0.717, 1.165) is 44.7 Å². The molecule has 1 aromatic rings. The fourth-order valence-electron chi connectivity index (χ4n) is 2.94. The van der Waals surface area contributed by atoms with Gasteiger partial charge in [0, 0.05) is 38.2 Å². The summed E-state index contributed by atoms with van der Waals surface area (Å²) in [5.41, 5.74) is 0.868. The smallest absolute Gasteiger partial charge is 0.317 e. The van der Waals surface area contributed by atoms with Gasteiger partial charge in [0.25, 0.3) is 0 Å². The molecule has 0 bridgehead atoms. The molecule has 2 saturated heterocycles. The first-order valence-corrected chi connectivity index (χ1v) is 8.28. The molecule has 23 heavy (non-hydrogen) atoms. The van der Waals surface area contributed by atoms with Gasteiger partial charge in [-0.25, -0.2) is 4.79 Å². The molecule has 2 amide bonds. The lowest BCUT2D eigenvalue weighted by molar-refractivity contribution is 0.109. The molecule has 0 saturated carbocycles. The molecule has 7 nitrogen and oxygen atoms in total. The van der Waals surface area contributed by atoms with Crippen molar-refractivity contribution in [2.75, 3.05) is 32.8 Å². The molecule has 0 aliphatic carbocycles. The van der Waals surface area contributed by atoms with Crippen molar-refractivity contribution in [1.82, 2.24) is 20.4 Å². The fourth-order valence-corrected chi connectivity index (χ4v) is 2.94. The van der Waals surface area contributed by atoms with E-state index in [0.29, 0.717) is 24.9 Å². The van der Waals surface area contributed by atoms with Crippen molar-refractivity contribution in [3.8, 4) is 5.88 Å². The monoisotopic (exact) mass is 320 g/mol. The molecule has 3 heterocycles. The predicted octanol–water partition coefficient (Wildman–Crippen LogP) is 1.37. The van der Waals surface area contributed by atoms with E-state index < -0.39 is 0 Å². The topological polar surface area (TPSA) is 76.6 Å². The van der Waals surface area contributed by atoms with Crippen molar-refractivity contribution in [3.63, 3.8) is 0 Å². The third kappa shape index (κ3) is 4.54. The molecule has 1 N–H and O–H groups in total. The molecule has 2 aliphatic rings. The number of nitrogens with zero attached hydrogens (tertiary/aromatic N) is 3. The van der Waals surface area contributed by atoms with E-state index in [9.17, 15) is 4.79 Å². The van der Waals surface area contributed by atoms with Crippen molar-refractivity contribution < 1.29 is 14.3 Å². The average molecular weight is 320 g/mol.